The van der Waals surface area contributed by atoms with Crippen LogP contribution >= 0.6 is 0 Å². The van der Waals surface area contributed by atoms with Crippen LogP contribution in [0.3, 0.4) is 0 Å². The molecule has 0 aromatic heterocycles. The van der Waals surface area contributed by atoms with Crippen LogP contribution in [0.2, 0.25) is 0 Å². The van der Waals surface area contributed by atoms with Crippen LogP contribution in [-0.2, 0) is 33.6 Å². The molecule has 7 amide bonds. The molecule has 1 N–H and O–H groups in total. The topological polar surface area (TPSA) is 388 Å². The number of carbonyl (C=O) groups is 7. The number of nitrogens with one attached hydrogen (secondary N) is 1. The summed E-state index contributed by atoms with van der Waals surface area (Å²) < 4.78 is 35.0. The highest BCUT2D eigenvalue weighted by molar-refractivity contribution is 6.02. The van der Waals surface area contributed by atoms with Crippen molar-refractivity contribution in [1.29, 1.82) is 0 Å². The molecule has 33 heteroatoms. The molecule has 0 spiro atoms. The van der Waals surface area contributed by atoms with Crippen LogP contribution in [-0.4, -0.2) is 219 Å². The van der Waals surface area contributed by atoms with Gasteiger partial charge in [0, 0.05) is 137 Å². The minimum absolute atomic E-state index is 0.0471. The lowest BCUT2D eigenvalue weighted by atomic mass is 10.1. The molecule has 8 aromatic rings. The third kappa shape index (κ3) is 40.7. The van der Waals surface area contributed by atoms with Gasteiger partial charge in [0.1, 0.15) is 28.7 Å². The van der Waals surface area contributed by atoms with Gasteiger partial charge >= 0.3 is 11.4 Å². The number of ether oxygens (including phenoxy) is 7. The van der Waals surface area contributed by atoms with Crippen molar-refractivity contribution in [2.75, 3.05) is 134 Å². The molecule has 730 valence electrons. The lowest BCUT2D eigenvalue weighted by Crippen LogP contribution is -2.30. The van der Waals surface area contributed by atoms with Crippen molar-refractivity contribution in [3.63, 3.8) is 0 Å². The van der Waals surface area contributed by atoms with E-state index in [1.54, 1.807) is 120 Å². The summed E-state index contributed by atoms with van der Waals surface area (Å²) >= 11 is 0. The molecular weight excluding hydrogens is 1740 g/mol. The van der Waals surface area contributed by atoms with Gasteiger partial charge in [-0.25, -0.2) is 0 Å². The molecule has 33 nitrogen and oxygen atoms in total. The van der Waals surface area contributed by atoms with Crippen molar-refractivity contribution in [2.45, 2.75) is 104 Å². The van der Waals surface area contributed by atoms with Gasteiger partial charge in [0.15, 0.2) is 11.5 Å². The third-order valence-electron chi connectivity index (χ3n) is 20.3. The molecule has 0 saturated heterocycles. The van der Waals surface area contributed by atoms with Gasteiger partial charge in [-0.3, -0.25) is 74.0 Å². The summed E-state index contributed by atoms with van der Waals surface area (Å²) in [7, 11) is 10.5. The number of nitrogens with zero attached hydrogens (tertiary/aromatic N) is 10. The van der Waals surface area contributed by atoms with Crippen LogP contribution in [0.4, 0.5) is 28.4 Å². The second-order valence-electron chi connectivity index (χ2n) is 28.7. The standard InChI is InChI=1S/C16H15NO2.2C15H20N2O4.C15H21NO2.2C14H18N2O4.C14H19NO2/c1-19-15-10-7-13(8-11-15)9-12-16(18)17-14-5-3-2-4-6-14;1-5-16(6-2)15(18)11(3)9-12-7-8-13(21-4)10-14(12)17(19)20;1-5-16(6-2)15(18)11(3)9-12-7-8-14(21-4)13(10-12)17(19)20;1-5-16(6-2)15(17)12(3)11-13-7-9-14(18-4)10-8-13;1-4-15(5-2)14(17)9-7-11-6-8-12(20-3)10-13(11)16(18)19;1-4-15(5-2)14(17)9-7-11-6-8-13(20-3)12(10-11)16(18)19;1-4-15(5-2)14(16)11-8-12-6-9-13(17-3)10-7-12/h2-12H,1H3,(H,17,18);2*7-10H,5-6H2,1-4H3;7-11H,5-6H2,1-4H3;2*6-10H,4-5H2,1-3H3;6-11H,4-5H2,1-3H3/b12-9+;2*11-9+;12-11+;2*9-7+;11-8+. The Labute approximate surface area is 798 Å². The van der Waals surface area contributed by atoms with Gasteiger partial charge in [-0.15, -0.1) is 0 Å². The highest BCUT2D eigenvalue weighted by Gasteiger charge is 2.22. The van der Waals surface area contributed by atoms with Gasteiger partial charge in [0.05, 0.1) is 92.7 Å². The van der Waals surface area contributed by atoms with Crippen LogP contribution in [0.25, 0.3) is 42.5 Å². The summed E-state index contributed by atoms with van der Waals surface area (Å²) in [6.45, 7) is 36.2. The van der Waals surface area contributed by atoms with E-state index in [-0.39, 0.29) is 75.6 Å². The molecule has 8 rings (SSSR count). The maximum Gasteiger partial charge on any atom is 0.311 e. The van der Waals surface area contributed by atoms with Crippen molar-refractivity contribution in [3.8, 4) is 40.2 Å². The van der Waals surface area contributed by atoms with Gasteiger partial charge in [0.25, 0.3) is 11.4 Å². The number of methoxy groups -OCH3 is 7. The number of benzene rings is 8. The van der Waals surface area contributed by atoms with Crippen molar-refractivity contribution in [3.05, 3.63) is 296 Å². The number of carbonyl (C=O) groups excluding carboxylic acids is 7. The highest BCUT2D eigenvalue weighted by atomic mass is 16.6. The van der Waals surface area contributed by atoms with E-state index in [0.717, 1.165) is 71.4 Å². The quantitative estimate of drug-likeness (QED) is 0.0213. The number of amides is 7. The maximum atomic E-state index is 12.2. The Balaban J connectivity index is 0.000000537. The molecule has 0 aliphatic rings. The zero-order valence-electron chi connectivity index (χ0n) is 82.0. The Morgan fingerprint density at radius 1 is 0.287 bits per heavy atom. The zero-order valence-corrected chi connectivity index (χ0v) is 82.0. The molecule has 0 atom stereocenters. The molecule has 0 unspecified atom stereocenters. The lowest BCUT2D eigenvalue weighted by Gasteiger charge is -2.18. The van der Waals surface area contributed by atoms with Crippen molar-refractivity contribution >= 4 is 112 Å². The van der Waals surface area contributed by atoms with E-state index < -0.39 is 19.7 Å². The number of likely N-dealkylation sites (N-methyl/N-ethyl adjacent to an activating group) is 6. The van der Waals surface area contributed by atoms with Gasteiger partial charge in [0.2, 0.25) is 41.4 Å². The monoisotopic (exact) mass is 1870 g/mol. The van der Waals surface area contributed by atoms with Crippen molar-refractivity contribution in [1.82, 2.24) is 29.4 Å². The average Bonchev–Trinajstić information content (AvgIpc) is 0.804. The van der Waals surface area contributed by atoms with Crippen LogP contribution in [0.5, 0.6) is 40.2 Å². The lowest BCUT2D eigenvalue weighted by molar-refractivity contribution is -0.385. The summed E-state index contributed by atoms with van der Waals surface area (Å²) in [5.74, 6) is 3.16. The van der Waals surface area contributed by atoms with Gasteiger partial charge in [-0.2, -0.15) is 0 Å². The fraction of sp³-hybridized carbons (Fsp3) is 0.330. The number of nitro benzene ring substituents is 4. The number of para-hydroxylation sites is 1. The predicted octanol–water partition coefficient (Wildman–Crippen LogP) is 19.6. The number of anilines is 1. The first-order valence-corrected chi connectivity index (χ1v) is 44.1. The largest absolute Gasteiger partial charge is 0.497 e. The van der Waals surface area contributed by atoms with Crippen LogP contribution in [0.1, 0.15) is 143 Å². The summed E-state index contributed by atoms with van der Waals surface area (Å²) in [4.78, 5) is 136. The second-order valence-corrected chi connectivity index (χ2v) is 28.7. The molecule has 0 fully saturated rings. The Kier molecular flexibility index (Phi) is 55.1. The number of nitro groups is 4. The zero-order chi connectivity index (χ0) is 102. The van der Waals surface area contributed by atoms with Gasteiger partial charge < -0.3 is 67.9 Å². The first-order chi connectivity index (χ1) is 65.0. The summed E-state index contributed by atoms with van der Waals surface area (Å²) in [5, 5.41) is 46.8. The van der Waals surface area contributed by atoms with E-state index in [0.29, 0.717) is 97.3 Å². The van der Waals surface area contributed by atoms with E-state index in [1.807, 2.05) is 210 Å². The van der Waals surface area contributed by atoms with Crippen molar-refractivity contribution < 1.29 is 86.4 Å². The Morgan fingerprint density at radius 2 is 0.566 bits per heavy atom. The molecule has 0 bridgehead atoms. The summed E-state index contributed by atoms with van der Waals surface area (Å²) in [6.07, 6.45) is 17.6. The van der Waals surface area contributed by atoms with Crippen LogP contribution in [0.15, 0.2) is 217 Å². The number of rotatable bonds is 38. The van der Waals surface area contributed by atoms with Crippen LogP contribution < -0.4 is 38.5 Å². The summed E-state index contributed by atoms with van der Waals surface area (Å²) in [6, 6.07) is 50.4. The van der Waals surface area contributed by atoms with Gasteiger partial charge in [-0.05, 0) is 259 Å². The number of hydrogen-bond donors (Lipinski definition) is 1. The summed E-state index contributed by atoms with van der Waals surface area (Å²) in [5.41, 5.74) is 7.02. The van der Waals surface area contributed by atoms with E-state index in [2.05, 4.69) is 5.32 Å². The molecule has 8 aromatic carbocycles. The van der Waals surface area contributed by atoms with Crippen molar-refractivity contribution in [2.24, 2.45) is 0 Å². The Morgan fingerprint density at radius 3 is 0.904 bits per heavy atom. The minimum Gasteiger partial charge on any atom is -0.497 e. The second kappa shape index (κ2) is 64.3. The van der Waals surface area contributed by atoms with Crippen LogP contribution in [0, 0.1) is 40.5 Å². The fourth-order valence-electron chi connectivity index (χ4n) is 12.4. The normalized spacial score (nSPS) is 10.8. The third-order valence-corrected chi connectivity index (χ3v) is 20.3. The first kappa shape index (κ1) is 116. The SMILES string of the molecule is CCN(CC)C(=O)/C(C)=C/c1ccc(OC)c([N+](=O)[O-])c1.CCN(CC)C(=O)/C(C)=C/c1ccc(OC)cc1.CCN(CC)C(=O)/C(C)=C/c1ccc(OC)cc1[N+](=O)[O-].CCN(CC)C(=O)/C=C/c1ccc(OC)c([N+](=O)[O-])c1.CCN(CC)C(=O)/C=C/c1ccc(OC)cc1.CCN(CC)C(=O)/C=C/c1ccc(OC)cc1[N+](=O)[O-].COc1ccc(/C=C/C(=O)Nc2ccccc2)cc1. The van der Waals surface area contributed by atoms with E-state index in [4.69, 9.17) is 33.2 Å². The van der Waals surface area contributed by atoms with E-state index in [9.17, 15) is 74.0 Å². The van der Waals surface area contributed by atoms with Gasteiger partial charge in [-0.1, -0.05) is 66.7 Å². The fourth-order valence-corrected chi connectivity index (χ4v) is 12.4. The Bertz CT molecular complexity index is 5380. The molecular formula is C103H131N11O22. The minimum atomic E-state index is -0.512. The smallest absolute Gasteiger partial charge is 0.311 e. The molecule has 136 heavy (non-hydrogen) atoms. The highest BCUT2D eigenvalue weighted by Crippen LogP contribution is 2.32. The molecule has 0 radical (unpaired) electrons. The van der Waals surface area contributed by atoms with E-state index >= 15 is 0 Å². The Hall–Kier alpha value is -15.6. The number of hydrogen-bond acceptors (Lipinski definition) is 22. The first-order valence-electron chi connectivity index (χ1n) is 44.1. The molecule has 0 heterocycles. The average molecular weight is 1880 g/mol. The molecule has 0 saturated carbocycles. The molecule has 0 aliphatic heterocycles. The maximum absolute atomic E-state index is 12.2. The molecule has 0 aliphatic carbocycles. The predicted molar refractivity (Wildman–Crippen MR) is 537 cm³/mol. The van der Waals surface area contributed by atoms with E-state index in [1.165, 1.54) is 95.2 Å².